The lowest BCUT2D eigenvalue weighted by atomic mass is 10.1. The van der Waals surface area contributed by atoms with Crippen molar-refractivity contribution in [3.8, 4) is 11.5 Å². The first-order valence-electron chi connectivity index (χ1n) is 9.33. The van der Waals surface area contributed by atoms with Gasteiger partial charge in [0.2, 0.25) is 0 Å². The van der Waals surface area contributed by atoms with Gasteiger partial charge in [-0.15, -0.1) is 24.0 Å². The summed E-state index contributed by atoms with van der Waals surface area (Å²) in [7, 11) is 1.71. The van der Waals surface area contributed by atoms with Crippen molar-refractivity contribution < 1.29 is 18.3 Å². The number of ether oxygens (including phenoxy) is 2. The van der Waals surface area contributed by atoms with Crippen LogP contribution in [0.1, 0.15) is 16.7 Å². The first-order chi connectivity index (χ1) is 13.6. The number of hydrogen-bond acceptors (Lipinski definition) is 3. The number of halogens is 3. The van der Waals surface area contributed by atoms with Crippen LogP contribution in [0.15, 0.2) is 47.5 Å². The Balaban J connectivity index is 0.00000300. The molecule has 2 aromatic carbocycles. The van der Waals surface area contributed by atoms with E-state index in [9.17, 15) is 8.78 Å². The van der Waals surface area contributed by atoms with E-state index in [4.69, 9.17) is 9.47 Å². The van der Waals surface area contributed by atoms with E-state index >= 15 is 0 Å². The van der Waals surface area contributed by atoms with Crippen LogP contribution in [0.5, 0.6) is 11.5 Å². The summed E-state index contributed by atoms with van der Waals surface area (Å²) in [5, 5.41) is 6.51. The van der Waals surface area contributed by atoms with E-state index in [0.717, 1.165) is 37.3 Å². The van der Waals surface area contributed by atoms with Crippen LogP contribution in [-0.4, -0.2) is 39.2 Å². The van der Waals surface area contributed by atoms with Gasteiger partial charge in [0.15, 0.2) is 5.96 Å². The van der Waals surface area contributed by atoms with E-state index in [0.29, 0.717) is 18.3 Å². The Morgan fingerprint density at radius 2 is 2.03 bits per heavy atom. The number of rotatable bonds is 8. The summed E-state index contributed by atoms with van der Waals surface area (Å²) in [6.45, 7) is 1.43. The van der Waals surface area contributed by atoms with Gasteiger partial charge < -0.3 is 20.1 Å². The summed E-state index contributed by atoms with van der Waals surface area (Å²) in [6, 6.07) is 13.4. The fourth-order valence-electron chi connectivity index (χ4n) is 3.03. The van der Waals surface area contributed by atoms with Crippen molar-refractivity contribution in [2.45, 2.75) is 25.8 Å². The molecule has 5 nitrogen and oxygen atoms in total. The summed E-state index contributed by atoms with van der Waals surface area (Å²) in [6.07, 6.45) is -0.631. The molecule has 8 heteroatoms. The molecule has 2 aromatic rings. The summed E-state index contributed by atoms with van der Waals surface area (Å²) < 4.78 is 35.1. The molecule has 158 valence electrons. The Bertz CT molecular complexity index is 818. The van der Waals surface area contributed by atoms with Crippen molar-refractivity contribution in [2.75, 3.05) is 26.8 Å². The minimum absolute atomic E-state index is 0. The third-order valence-electron chi connectivity index (χ3n) is 4.42. The second-order valence-corrected chi connectivity index (χ2v) is 6.49. The molecular formula is C21H26F2IN3O2. The molecule has 3 rings (SSSR count). The molecule has 1 heterocycles. The van der Waals surface area contributed by atoms with Crippen molar-refractivity contribution in [3.63, 3.8) is 0 Å². The number of benzene rings is 2. The van der Waals surface area contributed by atoms with E-state index in [2.05, 4.69) is 27.8 Å². The lowest BCUT2D eigenvalue weighted by Crippen LogP contribution is -2.37. The van der Waals surface area contributed by atoms with Crippen LogP contribution in [0.25, 0.3) is 0 Å². The quantitative estimate of drug-likeness (QED) is 0.318. The fraction of sp³-hybridized carbons (Fsp3) is 0.381. The van der Waals surface area contributed by atoms with Crippen LogP contribution in [0.3, 0.4) is 0 Å². The fourth-order valence-corrected chi connectivity index (χ4v) is 3.03. The molecular weight excluding hydrogens is 491 g/mol. The molecule has 0 bridgehead atoms. The number of nitrogens with one attached hydrogen (secondary N) is 2. The molecule has 29 heavy (non-hydrogen) atoms. The predicted octanol–water partition coefficient (Wildman–Crippen LogP) is 3.79. The summed E-state index contributed by atoms with van der Waals surface area (Å²) in [5.41, 5.74) is 3.46. The van der Waals surface area contributed by atoms with Crippen molar-refractivity contribution in [1.29, 1.82) is 0 Å². The molecule has 0 radical (unpaired) electrons. The molecule has 1 aliphatic rings. The maximum atomic E-state index is 12.3. The lowest BCUT2D eigenvalue weighted by molar-refractivity contribution is 0.0818. The Kier molecular flexibility index (Phi) is 9.43. The van der Waals surface area contributed by atoms with Crippen molar-refractivity contribution >= 4 is 29.9 Å². The molecule has 0 unspecified atom stereocenters. The molecule has 0 aliphatic carbocycles. The van der Waals surface area contributed by atoms with E-state index in [-0.39, 0.29) is 24.0 Å². The van der Waals surface area contributed by atoms with Gasteiger partial charge in [0.1, 0.15) is 18.1 Å². The van der Waals surface area contributed by atoms with Crippen LogP contribution in [-0.2, 0) is 19.4 Å². The van der Waals surface area contributed by atoms with Gasteiger partial charge in [-0.1, -0.05) is 24.3 Å². The minimum Gasteiger partial charge on any atom is -0.493 e. The normalized spacial score (nSPS) is 12.8. The van der Waals surface area contributed by atoms with Crippen molar-refractivity contribution in [1.82, 2.24) is 10.6 Å². The smallest absolute Gasteiger partial charge is 0.272 e. The molecule has 0 saturated heterocycles. The molecule has 0 aromatic heterocycles. The molecule has 0 saturated carbocycles. The van der Waals surface area contributed by atoms with Gasteiger partial charge in [0, 0.05) is 26.6 Å². The molecule has 2 N–H and O–H groups in total. The molecule has 0 atom stereocenters. The van der Waals surface area contributed by atoms with E-state index in [1.54, 1.807) is 25.2 Å². The standard InChI is InChI=1S/C21H25F2N3O2.HI/c1-24-21(25-9-7-15-5-6-19-17(11-15)8-10-27-19)26-13-16-3-2-4-18(12-16)28-14-20(22)23;/h2-6,11-12,20H,7-10,13-14H2,1H3,(H2,24,25,26);1H. The molecule has 1 aliphatic heterocycles. The Morgan fingerprint density at radius 1 is 1.17 bits per heavy atom. The SMILES string of the molecule is CN=C(NCCc1ccc2c(c1)CCO2)NCc1cccc(OCC(F)F)c1.I. The lowest BCUT2D eigenvalue weighted by Gasteiger charge is -2.13. The third kappa shape index (κ3) is 7.34. The first-order valence-corrected chi connectivity index (χ1v) is 9.33. The Morgan fingerprint density at radius 3 is 2.83 bits per heavy atom. The number of nitrogens with zero attached hydrogens (tertiary/aromatic N) is 1. The first kappa shape index (κ1) is 23.2. The zero-order valence-corrected chi connectivity index (χ0v) is 18.6. The number of aliphatic imine (C=N–C) groups is 1. The van der Waals surface area contributed by atoms with Gasteiger partial charge in [0.25, 0.3) is 6.43 Å². The molecule has 0 fully saturated rings. The third-order valence-corrected chi connectivity index (χ3v) is 4.42. The topological polar surface area (TPSA) is 54.9 Å². The zero-order chi connectivity index (χ0) is 19.8. The second-order valence-electron chi connectivity index (χ2n) is 6.49. The largest absolute Gasteiger partial charge is 0.493 e. The predicted molar refractivity (Wildman–Crippen MR) is 121 cm³/mol. The van der Waals surface area contributed by atoms with Crippen LogP contribution in [0.4, 0.5) is 8.78 Å². The number of fused-ring (bicyclic) bond motifs is 1. The van der Waals surface area contributed by atoms with Crippen LogP contribution < -0.4 is 20.1 Å². The Labute approximate surface area is 186 Å². The second kappa shape index (κ2) is 11.8. The summed E-state index contributed by atoms with van der Waals surface area (Å²) in [4.78, 5) is 4.22. The van der Waals surface area contributed by atoms with Gasteiger partial charge in [-0.3, -0.25) is 4.99 Å². The monoisotopic (exact) mass is 517 g/mol. The van der Waals surface area contributed by atoms with Gasteiger partial charge in [-0.05, 0) is 41.3 Å². The molecule has 0 amide bonds. The Hall–Kier alpha value is -2.10. The average Bonchev–Trinajstić information content (AvgIpc) is 3.17. The van der Waals surface area contributed by atoms with Gasteiger partial charge in [0.05, 0.1) is 6.61 Å². The highest BCUT2D eigenvalue weighted by Crippen LogP contribution is 2.25. The van der Waals surface area contributed by atoms with Crippen LogP contribution in [0.2, 0.25) is 0 Å². The van der Waals surface area contributed by atoms with E-state index in [1.807, 2.05) is 12.1 Å². The van der Waals surface area contributed by atoms with Gasteiger partial charge >= 0.3 is 0 Å². The maximum absolute atomic E-state index is 12.3. The maximum Gasteiger partial charge on any atom is 0.272 e. The van der Waals surface area contributed by atoms with Crippen molar-refractivity contribution in [2.24, 2.45) is 4.99 Å². The number of alkyl halides is 2. The highest BCUT2D eigenvalue weighted by atomic mass is 127. The van der Waals surface area contributed by atoms with Gasteiger partial charge in [-0.25, -0.2) is 8.78 Å². The van der Waals surface area contributed by atoms with E-state index < -0.39 is 13.0 Å². The van der Waals surface area contributed by atoms with Crippen LogP contribution in [0, 0.1) is 0 Å². The zero-order valence-electron chi connectivity index (χ0n) is 16.3. The highest BCUT2D eigenvalue weighted by Gasteiger charge is 2.11. The average molecular weight is 517 g/mol. The van der Waals surface area contributed by atoms with E-state index in [1.165, 1.54) is 11.1 Å². The van der Waals surface area contributed by atoms with Crippen LogP contribution >= 0.6 is 24.0 Å². The highest BCUT2D eigenvalue weighted by molar-refractivity contribution is 14.0. The molecule has 0 spiro atoms. The summed E-state index contributed by atoms with van der Waals surface area (Å²) >= 11 is 0. The minimum atomic E-state index is -2.48. The van der Waals surface area contributed by atoms with Crippen molar-refractivity contribution in [3.05, 3.63) is 59.2 Å². The van der Waals surface area contributed by atoms with Gasteiger partial charge in [-0.2, -0.15) is 0 Å². The number of hydrogen-bond donors (Lipinski definition) is 2. The number of guanidine groups is 1. The summed E-state index contributed by atoms with van der Waals surface area (Å²) in [5.74, 6) is 2.11.